The topological polar surface area (TPSA) is 93.2 Å². The second kappa shape index (κ2) is 5.41. The van der Waals surface area contributed by atoms with Crippen LogP contribution in [0.3, 0.4) is 0 Å². The monoisotopic (exact) mass is 298 g/mol. The van der Waals surface area contributed by atoms with Crippen molar-refractivity contribution in [3.63, 3.8) is 0 Å². The maximum Gasteiger partial charge on any atom is 0.311 e. The van der Waals surface area contributed by atoms with Crippen molar-refractivity contribution in [1.82, 2.24) is 0 Å². The van der Waals surface area contributed by atoms with Crippen LogP contribution < -0.4 is 4.74 Å². The summed E-state index contributed by atoms with van der Waals surface area (Å²) in [5.74, 6) is -0.624. The van der Waals surface area contributed by atoms with Gasteiger partial charge in [0.05, 0.1) is 28.5 Å². The molecule has 0 radical (unpaired) electrons. The molecule has 17 heavy (non-hydrogen) atoms. The second-order valence-corrected chi connectivity index (χ2v) is 3.53. The highest BCUT2D eigenvalue weighted by Gasteiger charge is 2.25. The van der Waals surface area contributed by atoms with Gasteiger partial charge < -0.3 is 4.74 Å². The molecule has 0 bridgehead atoms. The first-order valence-corrected chi connectivity index (χ1v) is 5.53. The van der Waals surface area contributed by atoms with Crippen molar-refractivity contribution in [3.8, 4) is 11.8 Å². The van der Waals surface area contributed by atoms with Crippen molar-refractivity contribution >= 4 is 27.4 Å². The van der Waals surface area contributed by atoms with Crippen LogP contribution in [0.2, 0.25) is 0 Å². The van der Waals surface area contributed by atoms with E-state index in [1.54, 1.807) is 0 Å². The molecule has 0 spiro atoms. The minimum atomic E-state index is -0.662. The zero-order valence-corrected chi connectivity index (χ0v) is 10.4. The molecule has 0 N–H and O–H groups in total. The Labute approximate surface area is 105 Å². The normalized spacial score (nSPS) is 9.47. The van der Waals surface area contributed by atoms with E-state index in [1.165, 1.54) is 13.2 Å². The molecular formula is C10H7BrN2O4. The highest BCUT2D eigenvalue weighted by Crippen LogP contribution is 2.33. The summed E-state index contributed by atoms with van der Waals surface area (Å²) in [7, 11) is 1.22. The van der Waals surface area contributed by atoms with Crippen molar-refractivity contribution in [2.24, 2.45) is 0 Å². The van der Waals surface area contributed by atoms with Gasteiger partial charge in [0, 0.05) is 6.07 Å². The Bertz CT molecular complexity index is 522. The van der Waals surface area contributed by atoms with E-state index in [4.69, 9.17) is 10.00 Å². The second-order valence-electron chi connectivity index (χ2n) is 2.97. The summed E-state index contributed by atoms with van der Waals surface area (Å²) in [5, 5.41) is 19.6. The molecule has 88 valence electrons. The Balaban J connectivity index is 3.61. The summed E-state index contributed by atoms with van der Waals surface area (Å²) in [6.07, 6.45) is 0. The summed E-state index contributed by atoms with van der Waals surface area (Å²) in [6, 6.07) is 4.18. The van der Waals surface area contributed by atoms with Gasteiger partial charge in [0.1, 0.15) is 6.07 Å². The van der Waals surface area contributed by atoms with Gasteiger partial charge in [0.25, 0.3) is 0 Å². The fourth-order valence-electron chi connectivity index (χ4n) is 1.36. The van der Waals surface area contributed by atoms with E-state index in [0.29, 0.717) is 0 Å². The van der Waals surface area contributed by atoms with Crippen LogP contribution in [-0.4, -0.2) is 23.1 Å². The molecule has 1 rings (SSSR count). The van der Waals surface area contributed by atoms with Gasteiger partial charge in [-0.15, -0.1) is 0 Å². The molecule has 0 atom stereocenters. The predicted octanol–water partition coefficient (Wildman–Crippen LogP) is 2.05. The number of ether oxygens (including phenoxy) is 1. The van der Waals surface area contributed by atoms with Gasteiger partial charge in [-0.1, -0.05) is 15.9 Å². The number of nitro groups is 1. The average molecular weight is 299 g/mol. The molecule has 6 nitrogen and oxygen atoms in total. The standard InChI is InChI=1S/C10H7BrN2O4/c1-17-10-7(13(15)16)3-2-6(5-12)9(10)8(14)4-11/h2-3H,4H2,1H3. The smallest absolute Gasteiger partial charge is 0.311 e. The van der Waals surface area contributed by atoms with E-state index in [9.17, 15) is 14.9 Å². The van der Waals surface area contributed by atoms with E-state index in [2.05, 4.69) is 15.9 Å². The number of nitrogens with zero attached hydrogens (tertiary/aromatic N) is 2. The van der Waals surface area contributed by atoms with Crippen molar-refractivity contribution in [1.29, 1.82) is 5.26 Å². The average Bonchev–Trinajstić information content (AvgIpc) is 2.35. The number of methoxy groups -OCH3 is 1. The zero-order valence-electron chi connectivity index (χ0n) is 8.77. The number of ketones is 1. The van der Waals surface area contributed by atoms with Crippen LogP contribution in [0.1, 0.15) is 15.9 Å². The molecule has 0 aliphatic heterocycles. The molecule has 0 unspecified atom stereocenters. The fraction of sp³-hybridized carbons (Fsp3) is 0.200. The Morgan fingerprint density at radius 1 is 1.65 bits per heavy atom. The third kappa shape index (κ3) is 2.42. The van der Waals surface area contributed by atoms with E-state index in [0.717, 1.165) is 6.07 Å². The Morgan fingerprint density at radius 3 is 2.71 bits per heavy atom. The van der Waals surface area contributed by atoms with Crippen LogP contribution in [0.5, 0.6) is 5.75 Å². The highest BCUT2D eigenvalue weighted by atomic mass is 79.9. The molecule has 0 saturated heterocycles. The van der Waals surface area contributed by atoms with E-state index in [1.807, 2.05) is 6.07 Å². The molecule has 0 fully saturated rings. The number of benzene rings is 1. The van der Waals surface area contributed by atoms with Crippen molar-refractivity contribution in [3.05, 3.63) is 33.4 Å². The van der Waals surface area contributed by atoms with Crippen LogP contribution in [0, 0.1) is 21.4 Å². The van der Waals surface area contributed by atoms with Crippen molar-refractivity contribution in [2.75, 3.05) is 12.4 Å². The van der Waals surface area contributed by atoms with Crippen LogP contribution in [0.25, 0.3) is 0 Å². The third-order valence-electron chi connectivity index (χ3n) is 2.06. The lowest BCUT2D eigenvalue weighted by Gasteiger charge is -2.08. The number of carbonyl (C=O) groups excluding carboxylic acids is 1. The Morgan fingerprint density at radius 2 is 2.29 bits per heavy atom. The quantitative estimate of drug-likeness (QED) is 0.367. The number of hydrogen-bond donors (Lipinski definition) is 0. The summed E-state index contributed by atoms with van der Waals surface area (Å²) in [6.45, 7) is 0. The van der Waals surface area contributed by atoms with Crippen molar-refractivity contribution in [2.45, 2.75) is 0 Å². The Hall–Kier alpha value is -1.94. The summed E-state index contributed by atoms with van der Waals surface area (Å²) in [4.78, 5) is 21.7. The number of nitriles is 1. The Kier molecular flexibility index (Phi) is 4.17. The van der Waals surface area contributed by atoms with E-state index < -0.39 is 10.7 Å². The van der Waals surface area contributed by atoms with Crippen LogP contribution in [-0.2, 0) is 0 Å². The molecule has 1 aromatic carbocycles. The van der Waals surface area contributed by atoms with Gasteiger partial charge >= 0.3 is 5.69 Å². The maximum atomic E-state index is 11.6. The molecule has 0 aromatic heterocycles. The molecule has 0 aliphatic carbocycles. The molecule has 0 amide bonds. The summed E-state index contributed by atoms with van der Waals surface area (Å²) >= 11 is 2.96. The zero-order chi connectivity index (χ0) is 13.0. The molecule has 7 heteroatoms. The highest BCUT2D eigenvalue weighted by molar-refractivity contribution is 9.09. The van der Waals surface area contributed by atoms with Crippen LogP contribution in [0.4, 0.5) is 5.69 Å². The summed E-state index contributed by atoms with van der Waals surface area (Å²) < 4.78 is 4.87. The molecule has 0 heterocycles. The first-order valence-electron chi connectivity index (χ1n) is 4.41. The van der Waals surface area contributed by atoms with Gasteiger partial charge in [-0.2, -0.15) is 5.26 Å². The lowest BCUT2D eigenvalue weighted by Crippen LogP contribution is -2.08. The van der Waals surface area contributed by atoms with E-state index >= 15 is 0 Å². The number of hydrogen-bond acceptors (Lipinski definition) is 5. The lowest BCUT2D eigenvalue weighted by molar-refractivity contribution is -0.385. The number of nitro benzene ring substituents is 1. The first kappa shape index (κ1) is 13.1. The SMILES string of the molecule is COc1c([N+](=O)[O-])ccc(C#N)c1C(=O)CBr. The number of rotatable bonds is 4. The number of alkyl halides is 1. The van der Waals surface area contributed by atoms with Crippen LogP contribution in [0.15, 0.2) is 12.1 Å². The maximum absolute atomic E-state index is 11.6. The van der Waals surface area contributed by atoms with Crippen molar-refractivity contribution < 1.29 is 14.5 Å². The van der Waals surface area contributed by atoms with Gasteiger partial charge in [-0.25, -0.2) is 0 Å². The fourth-order valence-corrected chi connectivity index (χ4v) is 1.64. The minimum absolute atomic E-state index is 0.0425. The third-order valence-corrected chi connectivity index (χ3v) is 2.57. The van der Waals surface area contributed by atoms with E-state index in [-0.39, 0.29) is 27.9 Å². The molecule has 0 saturated carbocycles. The van der Waals surface area contributed by atoms with Gasteiger partial charge in [0.15, 0.2) is 5.78 Å². The van der Waals surface area contributed by atoms with Gasteiger partial charge in [-0.3, -0.25) is 14.9 Å². The van der Waals surface area contributed by atoms with Gasteiger partial charge in [-0.05, 0) is 6.07 Å². The predicted molar refractivity (Wildman–Crippen MR) is 62.5 cm³/mol. The number of Topliss-reactive ketones (excluding diaryl/α,β-unsaturated/α-hetero) is 1. The summed E-state index contributed by atoms with van der Waals surface area (Å²) in [5.41, 5.74) is -0.353. The number of halogens is 1. The van der Waals surface area contributed by atoms with Gasteiger partial charge in [0.2, 0.25) is 5.75 Å². The molecule has 1 aromatic rings. The number of carbonyl (C=O) groups is 1. The largest absolute Gasteiger partial charge is 0.490 e. The minimum Gasteiger partial charge on any atom is -0.490 e. The molecular weight excluding hydrogens is 292 g/mol. The lowest BCUT2D eigenvalue weighted by atomic mass is 10.0. The molecule has 0 aliphatic rings. The first-order chi connectivity index (χ1) is 8.06. The van der Waals surface area contributed by atoms with Crippen LogP contribution >= 0.6 is 15.9 Å².